The number of hydrogen-bond acceptors (Lipinski definition) is 3. The topological polar surface area (TPSA) is 62.1 Å². The molecule has 0 spiro atoms. The molecule has 28 heavy (non-hydrogen) atoms. The van der Waals surface area contributed by atoms with E-state index >= 15 is 0 Å². The Hall–Kier alpha value is -3.84. The molecule has 4 nitrogen and oxygen atoms in total. The summed E-state index contributed by atoms with van der Waals surface area (Å²) in [6.45, 7) is 0.867. The molecule has 0 aliphatic carbocycles. The molecule has 0 aliphatic heterocycles. The fourth-order valence-electron chi connectivity index (χ4n) is 2.59. The second-order valence-electron chi connectivity index (χ2n) is 6.18. The van der Waals surface area contributed by atoms with Gasteiger partial charge >= 0.3 is 0 Å². The summed E-state index contributed by atoms with van der Waals surface area (Å²) in [5, 5.41) is 12.1. The van der Waals surface area contributed by atoms with Crippen molar-refractivity contribution in [3.05, 3.63) is 107 Å². The van der Waals surface area contributed by atoms with Gasteiger partial charge in [0, 0.05) is 6.54 Å². The highest BCUT2D eigenvalue weighted by Crippen LogP contribution is 2.16. The van der Waals surface area contributed by atoms with Gasteiger partial charge in [-0.25, -0.2) is 0 Å². The van der Waals surface area contributed by atoms with Crippen LogP contribution in [0.1, 0.15) is 16.7 Å². The van der Waals surface area contributed by atoms with Crippen LogP contribution in [0.5, 0.6) is 5.75 Å². The van der Waals surface area contributed by atoms with Gasteiger partial charge < -0.3 is 10.1 Å². The van der Waals surface area contributed by atoms with E-state index in [0.717, 1.165) is 22.4 Å². The molecule has 0 saturated heterocycles. The van der Waals surface area contributed by atoms with Crippen LogP contribution in [-0.4, -0.2) is 5.91 Å². The highest BCUT2D eigenvalue weighted by molar-refractivity contribution is 6.01. The molecule has 0 heterocycles. The van der Waals surface area contributed by atoms with Crippen LogP contribution < -0.4 is 10.1 Å². The normalized spacial score (nSPS) is 10.8. The summed E-state index contributed by atoms with van der Waals surface area (Å²) >= 11 is 0. The van der Waals surface area contributed by atoms with Gasteiger partial charge in [-0.1, -0.05) is 72.8 Å². The van der Waals surface area contributed by atoms with Gasteiger partial charge in [-0.05, 0) is 34.9 Å². The molecule has 0 atom stereocenters. The quantitative estimate of drug-likeness (QED) is 0.494. The van der Waals surface area contributed by atoms with Crippen LogP contribution in [0, 0.1) is 11.3 Å². The monoisotopic (exact) mass is 368 g/mol. The van der Waals surface area contributed by atoms with Crippen molar-refractivity contribution >= 4 is 12.0 Å². The third-order valence-electron chi connectivity index (χ3n) is 4.10. The predicted octanol–water partition coefficient (Wildman–Crippen LogP) is 4.49. The van der Waals surface area contributed by atoms with Crippen LogP contribution in [0.2, 0.25) is 0 Å². The predicted molar refractivity (Wildman–Crippen MR) is 109 cm³/mol. The number of nitriles is 1. The average molecular weight is 368 g/mol. The Balaban J connectivity index is 1.59. The number of rotatable bonds is 7. The van der Waals surface area contributed by atoms with Crippen molar-refractivity contribution in [2.24, 2.45) is 0 Å². The van der Waals surface area contributed by atoms with E-state index in [1.807, 2.05) is 91.0 Å². The Morgan fingerprint density at radius 1 is 0.893 bits per heavy atom. The fraction of sp³-hybridized carbons (Fsp3) is 0.0833. The third kappa shape index (κ3) is 5.58. The summed E-state index contributed by atoms with van der Waals surface area (Å²) in [6, 6.07) is 28.7. The maximum absolute atomic E-state index is 12.3. The first-order valence-corrected chi connectivity index (χ1v) is 8.95. The SMILES string of the molecule is N#C/C(=C\c1ccc(OCc2ccccc2)cc1)C(=O)NCc1ccccc1. The number of nitrogens with one attached hydrogen (secondary N) is 1. The molecular formula is C24H20N2O2. The number of nitrogens with zero attached hydrogens (tertiary/aromatic N) is 1. The van der Waals surface area contributed by atoms with E-state index in [1.165, 1.54) is 0 Å². The van der Waals surface area contributed by atoms with Crippen molar-refractivity contribution in [3.63, 3.8) is 0 Å². The molecule has 0 unspecified atom stereocenters. The Kier molecular flexibility index (Phi) is 6.59. The van der Waals surface area contributed by atoms with Crippen LogP contribution in [-0.2, 0) is 17.9 Å². The first-order chi connectivity index (χ1) is 13.7. The van der Waals surface area contributed by atoms with Crippen molar-refractivity contribution in [2.45, 2.75) is 13.2 Å². The van der Waals surface area contributed by atoms with Gasteiger partial charge in [-0.2, -0.15) is 5.26 Å². The van der Waals surface area contributed by atoms with E-state index < -0.39 is 5.91 Å². The number of amides is 1. The molecule has 0 radical (unpaired) electrons. The van der Waals surface area contributed by atoms with E-state index in [1.54, 1.807) is 6.08 Å². The number of benzene rings is 3. The second kappa shape index (κ2) is 9.75. The lowest BCUT2D eigenvalue weighted by atomic mass is 10.1. The van der Waals surface area contributed by atoms with E-state index in [4.69, 9.17) is 4.74 Å². The molecule has 138 valence electrons. The Morgan fingerprint density at radius 3 is 2.11 bits per heavy atom. The van der Waals surface area contributed by atoms with Gasteiger partial charge in [0.1, 0.15) is 24.0 Å². The van der Waals surface area contributed by atoms with Crippen molar-refractivity contribution in [1.82, 2.24) is 5.32 Å². The van der Waals surface area contributed by atoms with Gasteiger partial charge in [0.2, 0.25) is 0 Å². The number of carbonyl (C=O) groups is 1. The zero-order valence-corrected chi connectivity index (χ0v) is 15.3. The number of ether oxygens (including phenoxy) is 1. The second-order valence-corrected chi connectivity index (χ2v) is 6.18. The molecule has 0 aliphatic rings. The third-order valence-corrected chi connectivity index (χ3v) is 4.10. The zero-order valence-electron chi connectivity index (χ0n) is 15.3. The van der Waals surface area contributed by atoms with Crippen LogP contribution in [0.15, 0.2) is 90.5 Å². The van der Waals surface area contributed by atoms with E-state index in [9.17, 15) is 10.1 Å². The van der Waals surface area contributed by atoms with Crippen molar-refractivity contribution in [2.75, 3.05) is 0 Å². The van der Waals surface area contributed by atoms with Crippen LogP contribution in [0.25, 0.3) is 6.08 Å². The average Bonchev–Trinajstić information content (AvgIpc) is 2.76. The molecule has 0 bridgehead atoms. The number of carbonyl (C=O) groups excluding carboxylic acids is 1. The molecular weight excluding hydrogens is 348 g/mol. The van der Waals surface area contributed by atoms with E-state index in [2.05, 4.69) is 5.32 Å². The molecule has 0 saturated carbocycles. The van der Waals surface area contributed by atoms with Gasteiger partial charge in [0.15, 0.2) is 0 Å². The summed E-state index contributed by atoms with van der Waals surface area (Å²) < 4.78 is 5.75. The maximum Gasteiger partial charge on any atom is 0.262 e. The van der Waals surface area contributed by atoms with Crippen LogP contribution in [0.3, 0.4) is 0 Å². The van der Waals surface area contributed by atoms with Gasteiger partial charge in [0.25, 0.3) is 5.91 Å². The van der Waals surface area contributed by atoms with Gasteiger partial charge in [-0.15, -0.1) is 0 Å². The summed E-state index contributed by atoms with van der Waals surface area (Å²) in [6.07, 6.45) is 1.57. The van der Waals surface area contributed by atoms with Crippen molar-refractivity contribution in [3.8, 4) is 11.8 Å². The first-order valence-electron chi connectivity index (χ1n) is 8.95. The Labute approximate surface area is 164 Å². The highest BCUT2D eigenvalue weighted by atomic mass is 16.5. The fourth-order valence-corrected chi connectivity index (χ4v) is 2.59. The lowest BCUT2D eigenvalue weighted by Crippen LogP contribution is -2.23. The minimum atomic E-state index is -0.393. The summed E-state index contributed by atoms with van der Waals surface area (Å²) in [7, 11) is 0. The minimum absolute atomic E-state index is 0.0638. The molecule has 3 rings (SSSR count). The molecule has 3 aromatic carbocycles. The summed E-state index contributed by atoms with van der Waals surface area (Å²) in [5.74, 6) is 0.337. The van der Waals surface area contributed by atoms with Crippen molar-refractivity contribution in [1.29, 1.82) is 5.26 Å². The van der Waals surface area contributed by atoms with Crippen molar-refractivity contribution < 1.29 is 9.53 Å². The van der Waals surface area contributed by atoms with Gasteiger partial charge in [-0.3, -0.25) is 4.79 Å². The summed E-state index contributed by atoms with van der Waals surface area (Å²) in [5.41, 5.74) is 2.90. The molecule has 1 N–H and O–H groups in total. The van der Waals surface area contributed by atoms with Crippen LogP contribution in [0.4, 0.5) is 0 Å². The largest absolute Gasteiger partial charge is 0.489 e. The highest BCUT2D eigenvalue weighted by Gasteiger charge is 2.08. The molecule has 3 aromatic rings. The molecule has 1 amide bonds. The van der Waals surface area contributed by atoms with E-state index in [-0.39, 0.29) is 5.57 Å². The Bertz CT molecular complexity index is 973. The van der Waals surface area contributed by atoms with E-state index in [0.29, 0.717) is 13.2 Å². The first kappa shape index (κ1) is 18.9. The maximum atomic E-state index is 12.3. The standard InChI is InChI=1S/C24H20N2O2/c25-16-22(24(27)26-17-20-7-3-1-4-8-20)15-19-11-13-23(14-12-19)28-18-21-9-5-2-6-10-21/h1-15H,17-18H2,(H,26,27)/b22-15+. The summed E-state index contributed by atoms with van der Waals surface area (Å²) in [4.78, 5) is 12.3. The van der Waals surface area contributed by atoms with Crippen LogP contribution >= 0.6 is 0 Å². The molecule has 0 fully saturated rings. The Morgan fingerprint density at radius 2 is 1.50 bits per heavy atom. The molecule has 0 aromatic heterocycles. The number of hydrogen-bond donors (Lipinski definition) is 1. The lowest BCUT2D eigenvalue weighted by Gasteiger charge is -2.07. The van der Waals surface area contributed by atoms with Gasteiger partial charge in [0.05, 0.1) is 0 Å². The smallest absolute Gasteiger partial charge is 0.262 e. The minimum Gasteiger partial charge on any atom is -0.489 e. The molecule has 4 heteroatoms. The zero-order chi connectivity index (χ0) is 19.6. The lowest BCUT2D eigenvalue weighted by molar-refractivity contribution is -0.117.